The third-order valence-electron chi connectivity index (χ3n) is 4.99. The third-order valence-corrected chi connectivity index (χ3v) is 5.92. The first-order valence-corrected chi connectivity index (χ1v) is 11.2. The smallest absolute Gasteiger partial charge is 0.251 e. The lowest BCUT2D eigenvalue weighted by Gasteiger charge is -2.11. The Bertz CT molecular complexity index is 1360. The number of carbonyl (C=O) groups is 1. The fraction of sp³-hybridized carbons (Fsp3) is 0.136. The van der Waals surface area contributed by atoms with E-state index in [1.165, 1.54) is 12.1 Å². The topological polar surface area (TPSA) is 120 Å². The zero-order valence-corrected chi connectivity index (χ0v) is 17.6. The second kappa shape index (κ2) is 8.29. The molecular formula is C22H21N5O3S. The zero-order chi connectivity index (χ0) is 22.0. The van der Waals surface area contributed by atoms with Crippen LogP contribution in [0.25, 0.3) is 16.9 Å². The van der Waals surface area contributed by atoms with Gasteiger partial charge in [-0.15, -0.1) is 0 Å². The first-order valence-electron chi connectivity index (χ1n) is 9.62. The Kier molecular flexibility index (Phi) is 5.53. The first kappa shape index (κ1) is 20.7. The van der Waals surface area contributed by atoms with Crippen molar-refractivity contribution in [1.29, 1.82) is 0 Å². The van der Waals surface area contributed by atoms with E-state index < -0.39 is 10.0 Å². The molecule has 0 unspecified atom stereocenters. The highest BCUT2D eigenvalue weighted by Gasteiger charge is 2.12. The van der Waals surface area contributed by atoms with Crippen molar-refractivity contribution >= 4 is 27.1 Å². The molecule has 3 N–H and O–H groups in total. The number of benzene rings is 2. The summed E-state index contributed by atoms with van der Waals surface area (Å²) in [7, 11) is -3.71. The number of primary sulfonamides is 1. The summed E-state index contributed by atoms with van der Waals surface area (Å²) in [6.45, 7) is 2.38. The van der Waals surface area contributed by atoms with Crippen LogP contribution in [0.2, 0.25) is 0 Å². The van der Waals surface area contributed by atoms with Crippen molar-refractivity contribution in [3.8, 4) is 5.69 Å². The van der Waals surface area contributed by atoms with E-state index in [1.54, 1.807) is 30.7 Å². The fourth-order valence-electron chi connectivity index (χ4n) is 3.30. The Morgan fingerprint density at radius 2 is 1.87 bits per heavy atom. The van der Waals surface area contributed by atoms with Crippen molar-refractivity contribution in [3.63, 3.8) is 0 Å². The number of aromatic nitrogens is 3. The summed E-state index contributed by atoms with van der Waals surface area (Å²) in [4.78, 5) is 21.5. The molecule has 2 aromatic carbocycles. The Labute approximate surface area is 179 Å². The Balaban J connectivity index is 1.46. The number of hydrogen-bond acceptors (Lipinski definition) is 5. The van der Waals surface area contributed by atoms with Crippen LogP contribution in [-0.2, 0) is 16.4 Å². The van der Waals surface area contributed by atoms with Gasteiger partial charge in [0.05, 0.1) is 10.6 Å². The molecule has 0 saturated heterocycles. The number of amides is 1. The number of hydrogen-bond donors (Lipinski definition) is 2. The minimum absolute atomic E-state index is 0.0639. The molecular weight excluding hydrogens is 414 g/mol. The van der Waals surface area contributed by atoms with Crippen molar-refractivity contribution in [2.24, 2.45) is 5.14 Å². The SMILES string of the molecule is Cc1ccc(C(=O)NCCc2ccc(S(N)(=O)=O)cc2)cc1-n1cnc2cccnc21. The molecule has 4 rings (SSSR count). The molecule has 8 nitrogen and oxygen atoms in total. The predicted molar refractivity (Wildman–Crippen MR) is 117 cm³/mol. The van der Waals surface area contributed by atoms with Gasteiger partial charge in [0.1, 0.15) is 11.8 Å². The number of pyridine rings is 1. The zero-order valence-electron chi connectivity index (χ0n) is 16.8. The molecule has 9 heteroatoms. The quantitative estimate of drug-likeness (QED) is 0.482. The fourth-order valence-corrected chi connectivity index (χ4v) is 3.82. The van der Waals surface area contributed by atoms with E-state index in [0.717, 1.165) is 28.0 Å². The number of nitrogens with two attached hydrogens (primary N) is 1. The van der Waals surface area contributed by atoms with Crippen LogP contribution in [0.3, 0.4) is 0 Å². The van der Waals surface area contributed by atoms with E-state index in [4.69, 9.17) is 5.14 Å². The molecule has 1 amide bonds. The van der Waals surface area contributed by atoms with Gasteiger partial charge in [0.25, 0.3) is 5.91 Å². The van der Waals surface area contributed by atoms with E-state index in [-0.39, 0.29) is 10.8 Å². The molecule has 2 heterocycles. The summed E-state index contributed by atoms with van der Waals surface area (Å²) in [5.41, 5.74) is 4.77. The molecule has 0 aliphatic rings. The number of imidazole rings is 1. The molecule has 4 aromatic rings. The number of nitrogens with one attached hydrogen (secondary N) is 1. The highest BCUT2D eigenvalue weighted by molar-refractivity contribution is 7.89. The van der Waals surface area contributed by atoms with Crippen LogP contribution < -0.4 is 10.5 Å². The van der Waals surface area contributed by atoms with Gasteiger partial charge in [0.15, 0.2) is 5.65 Å². The van der Waals surface area contributed by atoms with Crippen LogP contribution in [0.5, 0.6) is 0 Å². The van der Waals surface area contributed by atoms with E-state index in [0.29, 0.717) is 18.5 Å². The van der Waals surface area contributed by atoms with E-state index >= 15 is 0 Å². The first-order chi connectivity index (χ1) is 14.8. The summed E-state index contributed by atoms with van der Waals surface area (Å²) < 4.78 is 24.5. The average Bonchev–Trinajstić information content (AvgIpc) is 3.18. The third kappa shape index (κ3) is 4.47. The number of aryl methyl sites for hydroxylation is 1. The van der Waals surface area contributed by atoms with Crippen LogP contribution in [-0.4, -0.2) is 35.4 Å². The maximum atomic E-state index is 12.7. The van der Waals surface area contributed by atoms with Crippen molar-refractivity contribution in [1.82, 2.24) is 19.9 Å². The lowest BCUT2D eigenvalue weighted by molar-refractivity contribution is 0.0954. The van der Waals surface area contributed by atoms with Crippen LogP contribution in [0, 0.1) is 6.92 Å². The van der Waals surface area contributed by atoms with Gasteiger partial charge in [-0.2, -0.15) is 0 Å². The largest absolute Gasteiger partial charge is 0.352 e. The molecule has 0 saturated carbocycles. The normalized spacial score (nSPS) is 11.5. The predicted octanol–water partition coefficient (Wildman–Crippen LogP) is 2.35. The highest BCUT2D eigenvalue weighted by Crippen LogP contribution is 2.20. The Hall–Kier alpha value is -3.56. The molecule has 0 spiro atoms. The maximum absolute atomic E-state index is 12.7. The van der Waals surface area contributed by atoms with Crippen LogP contribution >= 0.6 is 0 Å². The van der Waals surface area contributed by atoms with Crippen molar-refractivity contribution in [2.45, 2.75) is 18.2 Å². The highest BCUT2D eigenvalue weighted by atomic mass is 32.2. The molecule has 31 heavy (non-hydrogen) atoms. The van der Waals surface area contributed by atoms with Gasteiger partial charge in [-0.25, -0.2) is 23.5 Å². The van der Waals surface area contributed by atoms with E-state index in [1.807, 2.05) is 35.8 Å². The average molecular weight is 436 g/mol. The molecule has 0 aliphatic heterocycles. The number of sulfonamides is 1. The molecule has 0 aliphatic carbocycles. The van der Waals surface area contributed by atoms with Crippen molar-refractivity contribution < 1.29 is 13.2 Å². The van der Waals surface area contributed by atoms with Crippen LogP contribution in [0.1, 0.15) is 21.5 Å². The molecule has 0 atom stereocenters. The van der Waals surface area contributed by atoms with Gasteiger partial charge in [0.2, 0.25) is 10.0 Å². The molecule has 0 radical (unpaired) electrons. The lowest BCUT2D eigenvalue weighted by Crippen LogP contribution is -2.25. The summed E-state index contributed by atoms with van der Waals surface area (Å²) in [6.07, 6.45) is 3.97. The van der Waals surface area contributed by atoms with Crippen molar-refractivity contribution in [3.05, 3.63) is 83.8 Å². The Morgan fingerprint density at radius 3 is 2.61 bits per heavy atom. The minimum atomic E-state index is -3.71. The number of nitrogens with zero attached hydrogens (tertiary/aromatic N) is 3. The maximum Gasteiger partial charge on any atom is 0.251 e. The molecule has 0 bridgehead atoms. The van der Waals surface area contributed by atoms with Gasteiger partial charge in [0, 0.05) is 18.3 Å². The molecule has 2 aromatic heterocycles. The van der Waals surface area contributed by atoms with E-state index in [9.17, 15) is 13.2 Å². The van der Waals surface area contributed by atoms with Crippen LogP contribution in [0.4, 0.5) is 0 Å². The van der Waals surface area contributed by atoms with Gasteiger partial charge in [-0.3, -0.25) is 9.36 Å². The summed E-state index contributed by atoms with van der Waals surface area (Å²) >= 11 is 0. The number of fused-ring (bicyclic) bond motifs is 1. The van der Waals surface area contributed by atoms with Gasteiger partial charge in [-0.05, 0) is 60.9 Å². The number of rotatable bonds is 6. The second-order valence-corrected chi connectivity index (χ2v) is 8.72. The van der Waals surface area contributed by atoms with Gasteiger partial charge < -0.3 is 5.32 Å². The summed E-state index contributed by atoms with van der Waals surface area (Å²) in [5.74, 6) is -0.195. The molecule has 0 fully saturated rings. The van der Waals surface area contributed by atoms with Gasteiger partial charge in [-0.1, -0.05) is 18.2 Å². The second-order valence-electron chi connectivity index (χ2n) is 7.16. The van der Waals surface area contributed by atoms with Gasteiger partial charge >= 0.3 is 0 Å². The standard InChI is InChI=1S/C22H21N5O3S/c1-15-4-7-17(13-20(15)27-14-26-19-3-2-11-24-21(19)27)22(28)25-12-10-16-5-8-18(9-6-16)31(23,29)30/h2-9,11,13-14H,10,12H2,1H3,(H,25,28)(H2,23,29,30). The van der Waals surface area contributed by atoms with E-state index in [2.05, 4.69) is 15.3 Å². The minimum Gasteiger partial charge on any atom is -0.352 e. The summed E-state index contributed by atoms with van der Waals surface area (Å²) in [6, 6.07) is 15.5. The van der Waals surface area contributed by atoms with Crippen molar-refractivity contribution in [2.75, 3.05) is 6.54 Å². The monoisotopic (exact) mass is 435 g/mol. The Morgan fingerprint density at radius 1 is 1.10 bits per heavy atom. The van der Waals surface area contributed by atoms with Crippen LogP contribution in [0.15, 0.2) is 72.0 Å². The number of carbonyl (C=O) groups excluding carboxylic acids is 1. The summed E-state index contributed by atoms with van der Waals surface area (Å²) in [5, 5.41) is 8.00. The lowest BCUT2D eigenvalue weighted by atomic mass is 10.1. The molecule has 158 valence electrons.